The van der Waals surface area contributed by atoms with E-state index in [1.165, 1.54) is 5.00 Å². The normalized spacial score (nSPS) is 15.0. The van der Waals surface area contributed by atoms with Crippen LogP contribution in [0.2, 0.25) is 0 Å². The van der Waals surface area contributed by atoms with Crippen LogP contribution >= 0.6 is 11.3 Å². The predicted molar refractivity (Wildman–Crippen MR) is 93.3 cm³/mol. The molecule has 1 aromatic carbocycles. The second-order valence-electron chi connectivity index (χ2n) is 5.10. The molecule has 120 valence electrons. The zero-order chi connectivity index (χ0) is 16.1. The molecule has 23 heavy (non-hydrogen) atoms. The molecule has 0 bridgehead atoms. The van der Waals surface area contributed by atoms with Gasteiger partial charge in [-0.05, 0) is 36.4 Å². The van der Waals surface area contributed by atoms with Gasteiger partial charge in [-0.1, -0.05) is 0 Å². The van der Waals surface area contributed by atoms with Gasteiger partial charge in [0, 0.05) is 29.2 Å². The molecule has 1 amide bonds. The molecule has 1 aliphatic rings. The van der Waals surface area contributed by atoms with Crippen LogP contribution in [0.5, 0.6) is 0 Å². The Hall–Kier alpha value is -2.38. The zero-order valence-electron chi connectivity index (χ0n) is 12.6. The maximum Gasteiger partial charge on any atom is 0.271 e. The standard InChI is InChI=1S/C16H18N4O2S/c17-13-3-1-12(2-4-13)16(21)19-18-11-14-5-6-15(23-14)20-7-9-22-10-8-20/h1-6,11H,7-10,17H2,(H,19,21)/b18-11-. The van der Waals surface area contributed by atoms with E-state index in [1.54, 1.807) is 41.8 Å². The predicted octanol–water partition coefficient (Wildman–Crippen LogP) is 1.93. The number of rotatable bonds is 4. The first-order valence-electron chi connectivity index (χ1n) is 7.34. The number of morpholine rings is 1. The summed E-state index contributed by atoms with van der Waals surface area (Å²) < 4.78 is 5.35. The zero-order valence-corrected chi connectivity index (χ0v) is 13.4. The van der Waals surface area contributed by atoms with Crippen LogP contribution < -0.4 is 16.1 Å². The van der Waals surface area contributed by atoms with Gasteiger partial charge in [0.25, 0.3) is 5.91 Å². The van der Waals surface area contributed by atoms with Crippen molar-refractivity contribution in [2.45, 2.75) is 0 Å². The van der Waals surface area contributed by atoms with E-state index in [1.807, 2.05) is 6.07 Å². The van der Waals surface area contributed by atoms with Crippen molar-refractivity contribution in [1.82, 2.24) is 5.43 Å². The number of hydrogen-bond donors (Lipinski definition) is 2. The Balaban J connectivity index is 1.56. The molecular formula is C16H18N4O2S. The number of nitrogen functional groups attached to an aromatic ring is 1. The number of nitrogens with two attached hydrogens (primary N) is 1. The number of anilines is 2. The molecule has 0 radical (unpaired) electrons. The summed E-state index contributed by atoms with van der Waals surface area (Å²) in [6, 6.07) is 10.8. The van der Waals surface area contributed by atoms with E-state index in [0.717, 1.165) is 31.2 Å². The van der Waals surface area contributed by atoms with Crippen LogP contribution in [0, 0.1) is 0 Å². The molecule has 1 saturated heterocycles. The molecule has 3 rings (SSSR count). The van der Waals surface area contributed by atoms with Crippen LogP contribution in [-0.2, 0) is 4.74 Å². The number of thiophene rings is 1. The number of carbonyl (C=O) groups excluding carboxylic acids is 1. The molecule has 6 nitrogen and oxygen atoms in total. The first-order chi connectivity index (χ1) is 11.2. The molecule has 0 unspecified atom stereocenters. The third-order valence-electron chi connectivity index (χ3n) is 3.47. The highest BCUT2D eigenvalue weighted by Crippen LogP contribution is 2.25. The molecule has 1 fully saturated rings. The van der Waals surface area contributed by atoms with Gasteiger partial charge in [-0.25, -0.2) is 5.43 Å². The summed E-state index contributed by atoms with van der Waals surface area (Å²) in [7, 11) is 0. The summed E-state index contributed by atoms with van der Waals surface area (Å²) in [6.07, 6.45) is 1.66. The third-order valence-corrected chi connectivity index (χ3v) is 4.55. The SMILES string of the molecule is Nc1ccc(C(=O)N/N=C\c2ccc(N3CCOCC3)s2)cc1. The highest BCUT2D eigenvalue weighted by atomic mass is 32.1. The van der Waals surface area contributed by atoms with E-state index in [9.17, 15) is 4.79 Å². The van der Waals surface area contributed by atoms with Crippen LogP contribution in [0.15, 0.2) is 41.5 Å². The molecule has 1 aliphatic heterocycles. The summed E-state index contributed by atoms with van der Waals surface area (Å²) in [5.41, 5.74) is 9.26. The number of hydrazone groups is 1. The van der Waals surface area contributed by atoms with Gasteiger partial charge in [0.15, 0.2) is 0 Å². The van der Waals surface area contributed by atoms with Crippen molar-refractivity contribution < 1.29 is 9.53 Å². The van der Waals surface area contributed by atoms with Crippen molar-refractivity contribution in [3.63, 3.8) is 0 Å². The summed E-state index contributed by atoms with van der Waals surface area (Å²) >= 11 is 1.64. The Morgan fingerprint density at radius 3 is 2.70 bits per heavy atom. The van der Waals surface area contributed by atoms with Crippen molar-refractivity contribution in [3.8, 4) is 0 Å². The summed E-state index contributed by atoms with van der Waals surface area (Å²) in [5, 5.41) is 5.20. The van der Waals surface area contributed by atoms with Crippen LogP contribution in [0.3, 0.4) is 0 Å². The summed E-state index contributed by atoms with van der Waals surface area (Å²) in [4.78, 5) is 15.2. The molecule has 0 aliphatic carbocycles. The van der Waals surface area contributed by atoms with Gasteiger partial charge < -0.3 is 15.4 Å². The first kappa shape index (κ1) is 15.5. The van der Waals surface area contributed by atoms with Gasteiger partial charge in [-0.3, -0.25) is 4.79 Å². The number of nitrogens with zero attached hydrogens (tertiary/aromatic N) is 2. The summed E-state index contributed by atoms with van der Waals surface area (Å²) in [5.74, 6) is -0.258. The van der Waals surface area contributed by atoms with E-state index in [2.05, 4.69) is 21.5 Å². The Kier molecular flexibility index (Phi) is 4.89. The van der Waals surface area contributed by atoms with E-state index in [4.69, 9.17) is 10.5 Å². The highest BCUT2D eigenvalue weighted by molar-refractivity contribution is 7.17. The monoisotopic (exact) mass is 330 g/mol. The lowest BCUT2D eigenvalue weighted by Crippen LogP contribution is -2.35. The van der Waals surface area contributed by atoms with E-state index in [-0.39, 0.29) is 5.91 Å². The molecule has 0 atom stereocenters. The van der Waals surface area contributed by atoms with Gasteiger partial charge in [0.05, 0.1) is 24.4 Å². The quantitative estimate of drug-likeness (QED) is 0.510. The van der Waals surface area contributed by atoms with Crippen LogP contribution in [-0.4, -0.2) is 38.4 Å². The molecular weight excluding hydrogens is 312 g/mol. The Labute approximate surface area is 138 Å². The lowest BCUT2D eigenvalue weighted by atomic mass is 10.2. The lowest BCUT2D eigenvalue weighted by Gasteiger charge is -2.27. The van der Waals surface area contributed by atoms with Crippen molar-refractivity contribution in [2.75, 3.05) is 36.9 Å². The second kappa shape index (κ2) is 7.26. The summed E-state index contributed by atoms with van der Waals surface area (Å²) in [6.45, 7) is 3.34. The molecule has 3 N–H and O–H groups in total. The number of carbonyl (C=O) groups is 1. The largest absolute Gasteiger partial charge is 0.399 e. The van der Waals surface area contributed by atoms with E-state index >= 15 is 0 Å². The number of benzene rings is 1. The van der Waals surface area contributed by atoms with Gasteiger partial charge in [0.1, 0.15) is 0 Å². The molecule has 7 heteroatoms. The van der Waals surface area contributed by atoms with Gasteiger partial charge in [-0.2, -0.15) is 5.10 Å². The fourth-order valence-corrected chi connectivity index (χ4v) is 3.15. The van der Waals surface area contributed by atoms with Gasteiger partial charge >= 0.3 is 0 Å². The fourth-order valence-electron chi connectivity index (χ4n) is 2.22. The highest BCUT2D eigenvalue weighted by Gasteiger charge is 2.12. The van der Waals surface area contributed by atoms with Crippen molar-refractivity contribution in [1.29, 1.82) is 0 Å². The molecule has 0 spiro atoms. The maximum atomic E-state index is 11.9. The maximum absolute atomic E-state index is 11.9. The van der Waals surface area contributed by atoms with E-state index in [0.29, 0.717) is 11.3 Å². The topological polar surface area (TPSA) is 80.0 Å². The van der Waals surface area contributed by atoms with Crippen molar-refractivity contribution in [3.05, 3.63) is 46.8 Å². The number of ether oxygens (including phenoxy) is 1. The number of hydrogen-bond acceptors (Lipinski definition) is 6. The minimum absolute atomic E-state index is 0.258. The Morgan fingerprint density at radius 1 is 1.22 bits per heavy atom. The minimum atomic E-state index is -0.258. The average Bonchev–Trinajstić information content (AvgIpc) is 3.05. The smallest absolute Gasteiger partial charge is 0.271 e. The second-order valence-corrected chi connectivity index (χ2v) is 6.19. The number of nitrogens with one attached hydrogen (secondary N) is 1. The van der Waals surface area contributed by atoms with Crippen molar-refractivity contribution >= 4 is 34.1 Å². The van der Waals surface area contributed by atoms with Gasteiger partial charge in [0.2, 0.25) is 0 Å². The Morgan fingerprint density at radius 2 is 1.96 bits per heavy atom. The molecule has 0 saturated carbocycles. The lowest BCUT2D eigenvalue weighted by molar-refractivity contribution is 0.0955. The van der Waals surface area contributed by atoms with Crippen molar-refractivity contribution in [2.24, 2.45) is 5.10 Å². The van der Waals surface area contributed by atoms with E-state index < -0.39 is 0 Å². The molecule has 2 heterocycles. The van der Waals surface area contributed by atoms with Crippen LogP contribution in [0.4, 0.5) is 10.7 Å². The fraction of sp³-hybridized carbons (Fsp3) is 0.250. The average molecular weight is 330 g/mol. The van der Waals surface area contributed by atoms with Crippen LogP contribution in [0.25, 0.3) is 0 Å². The van der Waals surface area contributed by atoms with Crippen LogP contribution in [0.1, 0.15) is 15.2 Å². The first-order valence-corrected chi connectivity index (χ1v) is 8.15. The Bertz CT molecular complexity index is 690. The minimum Gasteiger partial charge on any atom is -0.399 e. The molecule has 2 aromatic rings. The number of amides is 1. The molecule has 1 aromatic heterocycles. The third kappa shape index (κ3) is 4.08. The van der Waals surface area contributed by atoms with Gasteiger partial charge in [-0.15, -0.1) is 11.3 Å².